The monoisotopic (exact) mass is 365 g/mol. The van der Waals surface area contributed by atoms with Crippen LogP contribution in [-0.2, 0) is 26.4 Å². The Morgan fingerprint density at radius 3 is 2.36 bits per heavy atom. The van der Waals surface area contributed by atoms with Crippen LogP contribution < -0.4 is 0 Å². The van der Waals surface area contributed by atoms with Crippen LogP contribution in [0.4, 0.5) is 4.79 Å². The first-order valence-corrected chi connectivity index (χ1v) is 8.77. The number of sulfonamides is 1. The van der Waals surface area contributed by atoms with Crippen LogP contribution in [-0.4, -0.2) is 46.2 Å². The Labute approximate surface area is 137 Å². The lowest BCUT2D eigenvalue weighted by Gasteiger charge is -2.23. The fourth-order valence-corrected chi connectivity index (χ4v) is 3.80. The summed E-state index contributed by atoms with van der Waals surface area (Å²) >= 11 is 1.48. The molecule has 1 rings (SSSR count). The minimum atomic E-state index is -4.02. The maximum atomic E-state index is 12.3. The van der Waals surface area contributed by atoms with Gasteiger partial charge in [-0.05, 0) is 19.1 Å². The molecule has 22 heavy (non-hydrogen) atoms. The van der Waals surface area contributed by atoms with E-state index in [4.69, 9.17) is 0 Å². The number of benzene rings is 1. The summed E-state index contributed by atoms with van der Waals surface area (Å²) in [5.74, 6) is 0. The minimum absolute atomic E-state index is 0.0446. The minimum Gasteiger partial charge on any atom is -0.572 e. The lowest BCUT2D eigenvalue weighted by molar-refractivity contribution is 0.134. The number of hydrogen-bond donors (Lipinski definition) is 1. The maximum absolute atomic E-state index is 12.3. The van der Waals surface area contributed by atoms with Crippen molar-refractivity contribution in [1.29, 1.82) is 0 Å². The van der Waals surface area contributed by atoms with Crippen molar-refractivity contribution >= 4 is 45.3 Å². The molecule has 0 saturated heterocycles. The number of rotatable bonds is 5. The van der Waals surface area contributed by atoms with Crippen LogP contribution in [0.15, 0.2) is 40.4 Å². The molecule has 0 N–H and O–H groups in total. The molecule has 122 valence electrons. The molecular formula is C11H15N3O5S3. The molecule has 0 heterocycles. The molecule has 1 unspecified atom stereocenters. The van der Waals surface area contributed by atoms with E-state index in [1.54, 1.807) is 6.07 Å². The number of carbonyl (C=O) groups excluding carboxylic acids is 1. The van der Waals surface area contributed by atoms with Gasteiger partial charge < -0.3 is 4.55 Å². The van der Waals surface area contributed by atoms with E-state index in [0.29, 0.717) is 8.02 Å². The van der Waals surface area contributed by atoms with E-state index in [2.05, 4.69) is 22.6 Å². The zero-order valence-electron chi connectivity index (χ0n) is 12.0. The molecule has 1 aromatic rings. The van der Waals surface area contributed by atoms with Gasteiger partial charge in [0.15, 0.2) is 11.5 Å². The van der Waals surface area contributed by atoms with Crippen LogP contribution in [0.5, 0.6) is 0 Å². The molecule has 0 aliphatic rings. The number of thiol groups is 1. The summed E-state index contributed by atoms with van der Waals surface area (Å²) in [5.41, 5.74) is 0. The molecule has 0 saturated carbocycles. The number of oxime groups is 1. The van der Waals surface area contributed by atoms with Gasteiger partial charge in [0.1, 0.15) is 5.04 Å². The second kappa shape index (κ2) is 7.83. The number of hydrogen-bond acceptors (Lipinski definition) is 6. The van der Waals surface area contributed by atoms with Crippen LogP contribution in [0.1, 0.15) is 6.92 Å². The smallest absolute Gasteiger partial charge is 0.479 e. The predicted octanol–water partition coefficient (Wildman–Crippen LogP) is 1.22. The van der Waals surface area contributed by atoms with Crippen molar-refractivity contribution in [3.63, 3.8) is 0 Å². The quantitative estimate of drug-likeness (QED) is 0.211. The van der Waals surface area contributed by atoms with Crippen LogP contribution in [0.3, 0.4) is 0 Å². The van der Waals surface area contributed by atoms with E-state index in [0.717, 1.165) is 14.1 Å². The largest absolute Gasteiger partial charge is 0.572 e. The third-order valence-electron chi connectivity index (χ3n) is 2.35. The Morgan fingerprint density at radius 2 is 1.86 bits per heavy atom. The van der Waals surface area contributed by atoms with Gasteiger partial charge in [-0.1, -0.05) is 23.4 Å². The predicted molar refractivity (Wildman–Crippen MR) is 85.9 cm³/mol. The molecule has 0 aliphatic carbocycles. The van der Waals surface area contributed by atoms with Crippen LogP contribution in [0, 0.1) is 0 Å². The fourth-order valence-electron chi connectivity index (χ4n) is 1.22. The van der Waals surface area contributed by atoms with Crippen LogP contribution >= 0.6 is 12.6 Å². The first-order chi connectivity index (χ1) is 10.2. The summed E-state index contributed by atoms with van der Waals surface area (Å²) < 4.78 is 37.9. The van der Waals surface area contributed by atoms with Gasteiger partial charge in [0.2, 0.25) is 0 Å². The molecule has 0 spiro atoms. The number of amides is 1. The maximum Gasteiger partial charge on any atom is 0.479 e. The average Bonchev–Trinajstić information content (AvgIpc) is 2.51. The SMILES string of the molecule is CC(S)=NOC(=O)N(C)[S+]([O-])N(C)S(=O)(=O)c1ccccc1. The van der Waals surface area contributed by atoms with Gasteiger partial charge in [0, 0.05) is 3.71 Å². The van der Waals surface area contributed by atoms with Crippen molar-refractivity contribution in [2.24, 2.45) is 5.16 Å². The molecule has 1 aromatic carbocycles. The van der Waals surface area contributed by atoms with Crippen molar-refractivity contribution in [2.75, 3.05) is 14.1 Å². The molecule has 11 heteroatoms. The highest BCUT2D eigenvalue weighted by molar-refractivity contribution is 8.03. The van der Waals surface area contributed by atoms with E-state index in [1.807, 2.05) is 0 Å². The van der Waals surface area contributed by atoms with Gasteiger partial charge in [-0.2, -0.15) is 0 Å². The Kier molecular flexibility index (Phi) is 6.68. The van der Waals surface area contributed by atoms with E-state index < -0.39 is 27.7 Å². The van der Waals surface area contributed by atoms with Crippen LogP contribution in [0.25, 0.3) is 0 Å². The lowest BCUT2D eigenvalue weighted by atomic mass is 10.4. The molecule has 0 bridgehead atoms. The van der Waals surface area contributed by atoms with Gasteiger partial charge in [-0.25, -0.2) is 13.2 Å². The Bertz CT molecular complexity index is 646. The Morgan fingerprint density at radius 1 is 1.32 bits per heavy atom. The van der Waals surface area contributed by atoms with Crippen molar-refractivity contribution < 1.29 is 22.6 Å². The third kappa shape index (κ3) is 4.61. The first kappa shape index (κ1) is 18.8. The molecule has 0 aromatic heterocycles. The standard InChI is InChI=1S/C11H15N3O5S3/c1-9(20)12-19-11(15)13(2)21(16)14(3)22(17,18)10-7-5-4-6-8-10/h4-8H,1-3H3,(H,12,20). The second-order valence-corrected chi connectivity index (χ2v) is 8.36. The molecule has 0 aliphatic heterocycles. The highest BCUT2D eigenvalue weighted by Gasteiger charge is 2.37. The van der Waals surface area contributed by atoms with Gasteiger partial charge in [0.05, 0.1) is 19.0 Å². The summed E-state index contributed by atoms with van der Waals surface area (Å²) in [4.78, 5) is 16.0. The van der Waals surface area contributed by atoms with Gasteiger partial charge in [0.25, 0.3) is 10.0 Å². The molecule has 1 atom stereocenters. The van der Waals surface area contributed by atoms with E-state index in [9.17, 15) is 17.8 Å². The first-order valence-electron chi connectivity index (χ1n) is 5.82. The lowest BCUT2D eigenvalue weighted by Crippen LogP contribution is -2.45. The summed E-state index contributed by atoms with van der Waals surface area (Å²) in [5, 5.41) is 3.47. The Balaban J connectivity index is 2.90. The average molecular weight is 365 g/mol. The molecule has 0 radical (unpaired) electrons. The zero-order chi connectivity index (χ0) is 16.9. The van der Waals surface area contributed by atoms with Crippen molar-refractivity contribution in [3.8, 4) is 0 Å². The summed E-state index contributed by atoms with van der Waals surface area (Å²) in [6, 6.07) is 7.43. The summed E-state index contributed by atoms with van der Waals surface area (Å²) in [6.45, 7) is 1.47. The van der Waals surface area contributed by atoms with Crippen molar-refractivity contribution in [3.05, 3.63) is 30.3 Å². The Hall–Kier alpha value is -1.27. The molecular weight excluding hydrogens is 350 g/mol. The molecule has 0 fully saturated rings. The zero-order valence-corrected chi connectivity index (χ0v) is 14.6. The fraction of sp³-hybridized carbons (Fsp3) is 0.273. The van der Waals surface area contributed by atoms with Crippen LogP contribution in [0.2, 0.25) is 0 Å². The van der Waals surface area contributed by atoms with E-state index >= 15 is 0 Å². The topological polar surface area (TPSA) is 102 Å². The summed E-state index contributed by atoms with van der Waals surface area (Å²) in [6.07, 6.45) is -1.08. The van der Waals surface area contributed by atoms with E-state index in [1.165, 1.54) is 31.2 Å². The third-order valence-corrected chi connectivity index (χ3v) is 6.00. The summed E-state index contributed by atoms with van der Waals surface area (Å²) in [7, 11) is -1.80. The highest BCUT2D eigenvalue weighted by Crippen LogP contribution is 2.19. The van der Waals surface area contributed by atoms with Gasteiger partial charge in [-0.3, -0.25) is 4.84 Å². The second-order valence-electron chi connectivity index (χ2n) is 3.95. The van der Waals surface area contributed by atoms with Gasteiger partial charge >= 0.3 is 6.09 Å². The van der Waals surface area contributed by atoms with Crippen molar-refractivity contribution in [2.45, 2.75) is 11.8 Å². The van der Waals surface area contributed by atoms with E-state index in [-0.39, 0.29) is 9.94 Å². The number of carbonyl (C=O) groups is 1. The van der Waals surface area contributed by atoms with Gasteiger partial charge in [-0.15, -0.1) is 16.9 Å². The highest BCUT2D eigenvalue weighted by atomic mass is 32.3. The normalized spacial score (nSPS) is 13.8. The number of nitrogens with zero attached hydrogens (tertiary/aromatic N) is 3. The van der Waals surface area contributed by atoms with Crippen molar-refractivity contribution in [1.82, 2.24) is 8.02 Å². The molecule has 8 nitrogen and oxygen atoms in total. The molecule has 1 amide bonds.